The second-order valence-corrected chi connectivity index (χ2v) is 59.5. The zero-order chi connectivity index (χ0) is 43.7. The van der Waals surface area contributed by atoms with E-state index >= 15 is 0 Å². The topological polar surface area (TPSA) is 148 Å². The Balaban J connectivity index is 2.37. The van der Waals surface area contributed by atoms with Gasteiger partial charge in [-0.1, -0.05) is 41.6 Å². The highest BCUT2D eigenvalue weighted by molar-refractivity contribution is 7.32. The predicted molar refractivity (Wildman–Crippen MR) is 250 cm³/mol. The molecule has 0 spiro atoms. The first-order valence-electron chi connectivity index (χ1n) is 17.6. The molecule has 0 aromatic rings. The lowest BCUT2D eigenvalue weighted by molar-refractivity contribution is 0.0624. The molecule has 0 N–H and O–H groups in total. The van der Waals surface area contributed by atoms with Crippen molar-refractivity contribution in [1.29, 1.82) is 0 Å². The van der Waals surface area contributed by atoms with E-state index in [1.807, 2.05) is 38.4 Å². The van der Waals surface area contributed by atoms with Gasteiger partial charge >= 0.3 is 98.3 Å². The number of hydrogen-bond acceptors (Lipinski definition) is 16. The maximum Gasteiger partial charge on any atom is 0.646 e. The van der Waals surface area contributed by atoms with E-state index in [0.29, 0.717) is 0 Å². The summed E-state index contributed by atoms with van der Waals surface area (Å²) in [5.41, 5.74) is 13.5. The molecule has 0 aromatic heterocycles. The molecule has 0 aromatic carbocycles. The zero-order valence-corrected chi connectivity index (χ0v) is 50.8. The molecule has 5 atom stereocenters. The fraction of sp³-hybridized carbons (Fsp3) is 0.385. The van der Waals surface area contributed by atoms with Crippen LogP contribution in [0.3, 0.4) is 0 Å². The van der Waals surface area contributed by atoms with Gasteiger partial charge in [0.1, 0.15) is 7.59 Å². The Labute approximate surface area is 368 Å². The minimum absolute atomic E-state index is 1.38. The minimum atomic E-state index is -4.80. The molecule has 318 valence electrons. The predicted octanol–water partition coefficient (Wildman–Crippen LogP) is 3.67. The van der Waals surface area contributed by atoms with Crippen LogP contribution in [0.25, 0.3) is 0 Å². The summed E-state index contributed by atoms with van der Waals surface area (Å²) in [6.45, 7) is 49.5. The van der Waals surface area contributed by atoms with Crippen molar-refractivity contribution in [2.75, 3.05) is 7.11 Å². The largest absolute Gasteiger partial charge is 0.646 e. The molecule has 4 bridgehead atoms. The van der Waals surface area contributed by atoms with Gasteiger partial charge in [0.2, 0.25) is 18.1 Å². The van der Waals surface area contributed by atoms with Crippen LogP contribution in [0.2, 0.25) is 58.9 Å². The summed E-state index contributed by atoms with van der Waals surface area (Å²) in [6, 6.07) is 0. The fourth-order valence-electron chi connectivity index (χ4n) is 4.55. The van der Waals surface area contributed by atoms with E-state index in [-0.39, 0.29) is 0 Å². The molecule has 0 aliphatic carbocycles. The van der Waals surface area contributed by atoms with Gasteiger partial charge in [-0.3, -0.25) is 0 Å². The van der Waals surface area contributed by atoms with Crippen molar-refractivity contribution < 1.29 is 66.2 Å². The molecule has 10 radical (unpaired) electrons. The fourth-order valence-corrected chi connectivity index (χ4v) is 70.3. The van der Waals surface area contributed by atoms with Gasteiger partial charge in [-0.25, -0.2) is 0 Å². The molecule has 3 saturated heterocycles. The summed E-state index contributed by atoms with van der Waals surface area (Å²) in [6.07, 6.45) is 0. The monoisotopic (exact) mass is 1070 g/mol. The van der Waals surface area contributed by atoms with Gasteiger partial charge < -0.3 is 66.2 Å². The van der Waals surface area contributed by atoms with Gasteiger partial charge in [0.15, 0.2) is 0 Å². The van der Waals surface area contributed by atoms with Crippen LogP contribution in [0.5, 0.6) is 0 Å². The molecule has 16 nitrogen and oxygen atoms in total. The summed E-state index contributed by atoms with van der Waals surface area (Å²) in [4.78, 5) is 0. The summed E-state index contributed by atoms with van der Waals surface area (Å²) in [5.74, 6) is 0. The van der Waals surface area contributed by atoms with E-state index in [4.69, 9.17) is 66.2 Å². The van der Waals surface area contributed by atoms with E-state index in [1.54, 1.807) is 54.4 Å². The lowest BCUT2D eigenvalue weighted by Gasteiger charge is -2.47. The standard InChI is InChI=1S/C26H54O16Si16/c1-19-43(10)28-48(22-4)30-49(23-5)50-29-45(12)32-57(26-8)40-55(17,31-44(11)20-2)35-51-36-56(18,33-46(51)13)41-58(37-50,42-57)39-52(53(14,15)24-6)38-54(16,25-7)34-47(21-3)27-9/h19-26H,1-8H2,9-18H3. The minimum Gasteiger partial charge on any atom is -0.429 e. The van der Waals surface area contributed by atoms with Gasteiger partial charge in [0, 0.05) is 20.2 Å². The Morgan fingerprint density at radius 1 is 0.672 bits per heavy atom. The van der Waals surface area contributed by atoms with E-state index in [1.165, 1.54) is 5.70 Å². The molecule has 5 unspecified atom stereocenters. The highest BCUT2D eigenvalue weighted by Gasteiger charge is 2.71. The van der Waals surface area contributed by atoms with Gasteiger partial charge in [-0.15, -0.1) is 52.6 Å². The van der Waals surface area contributed by atoms with Crippen molar-refractivity contribution in [2.24, 2.45) is 0 Å². The number of rotatable bonds is 23. The first-order valence-corrected chi connectivity index (χ1v) is 49.8. The smallest absolute Gasteiger partial charge is 0.429 e. The zero-order valence-electron chi connectivity index (χ0n) is 34.8. The Morgan fingerprint density at radius 2 is 1.33 bits per heavy atom. The van der Waals surface area contributed by atoms with Gasteiger partial charge in [-0.05, 0) is 49.8 Å². The van der Waals surface area contributed by atoms with E-state index < -0.39 is 141 Å². The van der Waals surface area contributed by atoms with Crippen molar-refractivity contribution in [3.8, 4) is 0 Å². The van der Waals surface area contributed by atoms with Crippen LogP contribution in [0.1, 0.15) is 0 Å². The van der Waals surface area contributed by atoms with E-state index in [9.17, 15) is 0 Å². The summed E-state index contributed by atoms with van der Waals surface area (Å²) in [5, 5.41) is 0. The molecule has 0 saturated carbocycles. The highest BCUT2D eigenvalue weighted by atomic mass is 29.3. The second kappa shape index (κ2) is 22.6. The van der Waals surface area contributed by atoms with Crippen molar-refractivity contribution in [3.05, 3.63) is 98.2 Å². The lowest BCUT2D eigenvalue weighted by atomic mass is 11.3. The summed E-state index contributed by atoms with van der Waals surface area (Å²) < 4.78 is 108. The van der Waals surface area contributed by atoms with E-state index in [2.05, 4.69) is 65.7 Å². The lowest BCUT2D eigenvalue weighted by Crippen LogP contribution is -2.75. The van der Waals surface area contributed by atoms with Crippen molar-refractivity contribution in [1.82, 2.24) is 0 Å². The second-order valence-electron chi connectivity index (χ2n) is 13.1. The molecule has 3 aliphatic rings. The van der Waals surface area contributed by atoms with Crippen LogP contribution in [0.15, 0.2) is 98.2 Å². The summed E-state index contributed by atoms with van der Waals surface area (Å²) in [7, 11) is -41.6. The van der Waals surface area contributed by atoms with Crippen LogP contribution in [-0.4, -0.2) is 148 Å². The quantitative estimate of drug-likeness (QED) is 0.137. The van der Waals surface area contributed by atoms with Crippen molar-refractivity contribution >= 4 is 141 Å². The average molecular weight is 1070 g/mol. The van der Waals surface area contributed by atoms with Crippen LogP contribution in [0, 0.1) is 0 Å². The average Bonchev–Trinajstić information content (AvgIpc) is 3.43. The molecule has 3 rings (SSSR count). The van der Waals surface area contributed by atoms with Crippen LogP contribution < -0.4 is 0 Å². The van der Waals surface area contributed by atoms with Crippen molar-refractivity contribution in [2.45, 2.75) is 58.9 Å². The first kappa shape index (κ1) is 53.1. The first-order chi connectivity index (χ1) is 27.1. The third-order valence-electron chi connectivity index (χ3n) is 7.62. The van der Waals surface area contributed by atoms with E-state index in [0.717, 1.165) is 0 Å². The molecule has 3 aliphatic heterocycles. The molecular weight excluding hydrogens is 1020 g/mol. The molecule has 3 heterocycles. The molecule has 0 amide bonds. The molecule has 3 fully saturated rings. The van der Waals surface area contributed by atoms with Gasteiger partial charge in [0.25, 0.3) is 17.1 Å². The normalized spacial score (nSPS) is 29.3. The Hall–Kier alpha value is 0.750. The SMILES string of the molecule is C=C[Si](C)O[Si](C=C)O[Si](C=C)[Si]1O[Si](C)O[Si]2(C=C)O[Si](C)(O[Si](C)C=C)O[Si]3O[Si](C)(O[Si]3C)O[Si](O[Si](O[Si](C)(C=C)O[Si](C=C)OC)[Si](C)(C)C=C)(O1)O2. The Kier molecular flexibility index (Phi) is 20.7. The maximum atomic E-state index is 7.32. The third-order valence-corrected chi connectivity index (χ3v) is 62.6. The number of fused-ring (bicyclic) bond motifs is 4. The molecule has 58 heavy (non-hydrogen) atoms. The van der Waals surface area contributed by atoms with Gasteiger partial charge in [-0.2, -0.15) is 0 Å². The highest BCUT2D eigenvalue weighted by Crippen LogP contribution is 2.38. The third kappa shape index (κ3) is 14.4. The van der Waals surface area contributed by atoms with Crippen LogP contribution in [-0.2, 0) is 66.2 Å². The van der Waals surface area contributed by atoms with Crippen LogP contribution >= 0.6 is 0 Å². The van der Waals surface area contributed by atoms with Crippen molar-refractivity contribution in [3.63, 3.8) is 0 Å². The Bertz CT molecular complexity index is 1500. The number of hydrogen-bond donors (Lipinski definition) is 0. The summed E-state index contributed by atoms with van der Waals surface area (Å²) >= 11 is 0. The molecular formula is C26H54O16Si16. The van der Waals surface area contributed by atoms with Crippen LogP contribution in [0.4, 0.5) is 0 Å². The molecule has 32 heteroatoms. The maximum absolute atomic E-state index is 7.32. The Morgan fingerprint density at radius 3 is 1.86 bits per heavy atom. The van der Waals surface area contributed by atoms with Gasteiger partial charge in [0.05, 0.1) is 0 Å².